The van der Waals surface area contributed by atoms with E-state index in [0.717, 1.165) is 24.0 Å². The molecule has 0 atom stereocenters. The maximum atomic E-state index is 11.0. The molecule has 17 heavy (non-hydrogen) atoms. The first kappa shape index (κ1) is 12.3. The second-order valence-corrected chi connectivity index (χ2v) is 4.76. The quantitative estimate of drug-likeness (QED) is 0.622. The van der Waals surface area contributed by atoms with E-state index < -0.39 is 0 Å². The number of benzene rings is 1. The van der Waals surface area contributed by atoms with E-state index in [1.165, 1.54) is 0 Å². The summed E-state index contributed by atoms with van der Waals surface area (Å²) in [5, 5.41) is 11.0. The van der Waals surface area contributed by atoms with Gasteiger partial charge in [-0.1, -0.05) is 15.9 Å². The summed E-state index contributed by atoms with van der Waals surface area (Å²) in [5.74, 6) is 0. The summed E-state index contributed by atoms with van der Waals surface area (Å²) in [6, 6.07) is 5.16. The molecule has 1 aromatic rings. The number of hydrogen-bond acceptors (Lipinski definition) is 4. The molecule has 1 heterocycles. The van der Waals surface area contributed by atoms with Crippen LogP contribution in [-0.4, -0.2) is 31.2 Å². The molecule has 6 heteroatoms. The SMILES string of the molecule is O=[N+]([O-])c1cc(Br)ccc1N1CCCOCC1. The molecule has 0 bridgehead atoms. The van der Waals surface area contributed by atoms with E-state index in [0.29, 0.717) is 18.8 Å². The van der Waals surface area contributed by atoms with Crippen LogP contribution in [0.5, 0.6) is 0 Å². The molecule has 0 aliphatic carbocycles. The minimum Gasteiger partial charge on any atom is -0.380 e. The first-order valence-electron chi connectivity index (χ1n) is 5.45. The van der Waals surface area contributed by atoms with Gasteiger partial charge < -0.3 is 9.64 Å². The van der Waals surface area contributed by atoms with Crippen molar-refractivity contribution in [1.29, 1.82) is 0 Å². The highest BCUT2D eigenvalue weighted by atomic mass is 79.9. The Hall–Kier alpha value is -1.14. The Balaban J connectivity index is 2.32. The van der Waals surface area contributed by atoms with E-state index in [1.54, 1.807) is 12.1 Å². The average Bonchev–Trinajstić information content (AvgIpc) is 2.57. The fraction of sp³-hybridized carbons (Fsp3) is 0.455. The van der Waals surface area contributed by atoms with E-state index in [1.807, 2.05) is 11.0 Å². The predicted octanol–water partition coefficient (Wildman–Crippen LogP) is 2.58. The van der Waals surface area contributed by atoms with Crippen LogP contribution in [0.2, 0.25) is 0 Å². The molecule has 0 saturated carbocycles. The lowest BCUT2D eigenvalue weighted by atomic mass is 10.2. The van der Waals surface area contributed by atoms with Gasteiger partial charge in [0.15, 0.2) is 0 Å². The summed E-state index contributed by atoms with van der Waals surface area (Å²) in [5.41, 5.74) is 0.810. The third-order valence-electron chi connectivity index (χ3n) is 2.70. The van der Waals surface area contributed by atoms with Crippen LogP contribution in [-0.2, 0) is 4.74 Å². The van der Waals surface area contributed by atoms with Gasteiger partial charge in [0.05, 0.1) is 11.5 Å². The number of rotatable bonds is 2. The Morgan fingerprint density at radius 3 is 2.94 bits per heavy atom. The molecular weight excluding hydrogens is 288 g/mol. The monoisotopic (exact) mass is 300 g/mol. The van der Waals surface area contributed by atoms with Crippen molar-refractivity contribution in [2.75, 3.05) is 31.2 Å². The van der Waals surface area contributed by atoms with E-state index in [9.17, 15) is 10.1 Å². The predicted molar refractivity (Wildman–Crippen MR) is 68.4 cm³/mol. The number of anilines is 1. The lowest BCUT2D eigenvalue weighted by molar-refractivity contribution is -0.384. The maximum Gasteiger partial charge on any atom is 0.293 e. The van der Waals surface area contributed by atoms with E-state index in [2.05, 4.69) is 15.9 Å². The van der Waals surface area contributed by atoms with Crippen LogP contribution in [0.4, 0.5) is 11.4 Å². The van der Waals surface area contributed by atoms with E-state index in [4.69, 9.17) is 4.74 Å². The van der Waals surface area contributed by atoms with Crippen molar-refractivity contribution in [3.8, 4) is 0 Å². The third-order valence-corrected chi connectivity index (χ3v) is 3.19. The van der Waals surface area contributed by atoms with Gasteiger partial charge in [0.2, 0.25) is 0 Å². The van der Waals surface area contributed by atoms with Gasteiger partial charge in [-0.2, -0.15) is 0 Å². The fourth-order valence-corrected chi connectivity index (χ4v) is 2.25. The number of nitro groups is 1. The van der Waals surface area contributed by atoms with Gasteiger partial charge in [0.25, 0.3) is 5.69 Å². The smallest absolute Gasteiger partial charge is 0.293 e. The van der Waals surface area contributed by atoms with Crippen LogP contribution in [0.15, 0.2) is 22.7 Å². The molecule has 1 aliphatic rings. The van der Waals surface area contributed by atoms with Crippen molar-refractivity contribution in [1.82, 2.24) is 0 Å². The van der Waals surface area contributed by atoms with Gasteiger partial charge in [-0.3, -0.25) is 10.1 Å². The normalized spacial score (nSPS) is 16.6. The van der Waals surface area contributed by atoms with Crippen molar-refractivity contribution in [2.45, 2.75) is 6.42 Å². The van der Waals surface area contributed by atoms with Crippen LogP contribution >= 0.6 is 15.9 Å². The zero-order valence-corrected chi connectivity index (χ0v) is 10.9. The van der Waals surface area contributed by atoms with Gasteiger partial charge in [-0.05, 0) is 18.6 Å². The maximum absolute atomic E-state index is 11.0. The van der Waals surface area contributed by atoms with Crippen molar-refractivity contribution in [3.05, 3.63) is 32.8 Å². The number of halogens is 1. The zero-order chi connectivity index (χ0) is 12.3. The van der Waals surface area contributed by atoms with Crippen molar-refractivity contribution < 1.29 is 9.66 Å². The fourth-order valence-electron chi connectivity index (χ4n) is 1.90. The van der Waals surface area contributed by atoms with Gasteiger partial charge in [-0.25, -0.2) is 0 Å². The lowest BCUT2D eigenvalue weighted by Crippen LogP contribution is -2.26. The van der Waals surface area contributed by atoms with Crippen LogP contribution < -0.4 is 4.90 Å². The van der Waals surface area contributed by atoms with E-state index in [-0.39, 0.29) is 10.6 Å². The molecule has 0 unspecified atom stereocenters. The molecule has 0 aromatic heterocycles. The average molecular weight is 301 g/mol. The first-order chi connectivity index (χ1) is 8.18. The van der Waals surface area contributed by atoms with Gasteiger partial charge >= 0.3 is 0 Å². The molecule has 1 aliphatic heterocycles. The second kappa shape index (κ2) is 5.46. The summed E-state index contributed by atoms with van der Waals surface area (Å²) in [6.45, 7) is 2.83. The van der Waals surface area contributed by atoms with Crippen molar-refractivity contribution >= 4 is 27.3 Å². The van der Waals surface area contributed by atoms with Crippen molar-refractivity contribution in [3.63, 3.8) is 0 Å². The van der Waals surface area contributed by atoms with Crippen LogP contribution in [0, 0.1) is 10.1 Å². The lowest BCUT2D eigenvalue weighted by Gasteiger charge is -2.21. The highest BCUT2D eigenvalue weighted by Crippen LogP contribution is 2.31. The number of ether oxygens (including phenoxy) is 1. The Labute approximate surface area is 108 Å². The van der Waals surface area contributed by atoms with Crippen LogP contribution in [0.1, 0.15) is 6.42 Å². The minimum absolute atomic E-state index is 0.140. The number of nitrogens with zero attached hydrogens (tertiary/aromatic N) is 2. The first-order valence-corrected chi connectivity index (χ1v) is 6.24. The molecule has 0 radical (unpaired) electrons. The van der Waals surface area contributed by atoms with Crippen molar-refractivity contribution in [2.24, 2.45) is 0 Å². The molecular formula is C11H13BrN2O3. The largest absolute Gasteiger partial charge is 0.380 e. The van der Waals surface area contributed by atoms with Crippen LogP contribution in [0.3, 0.4) is 0 Å². The third kappa shape index (κ3) is 2.95. The zero-order valence-electron chi connectivity index (χ0n) is 9.26. The number of hydrogen-bond donors (Lipinski definition) is 0. The Morgan fingerprint density at radius 2 is 2.18 bits per heavy atom. The summed E-state index contributed by atoms with van der Waals surface area (Å²) in [4.78, 5) is 12.7. The highest BCUT2D eigenvalue weighted by Gasteiger charge is 2.20. The second-order valence-electron chi connectivity index (χ2n) is 3.84. The molecule has 92 valence electrons. The molecule has 0 amide bonds. The summed E-state index contributed by atoms with van der Waals surface area (Å²) in [6.07, 6.45) is 0.896. The van der Waals surface area contributed by atoms with Crippen LogP contribution in [0.25, 0.3) is 0 Å². The molecule has 0 spiro atoms. The Kier molecular flexibility index (Phi) is 3.96. The molecule has 1 saturated heterocycles. The summed E-state index contributed by atoms with van der Waals surface area (Å²) >= 11 is 3.26. The molecule has 1 aromatic carbocycles. The van der Waals surface area contributed by atoms with Gasteiger partial charge in [-0.15, -0.1) is 0 Å². The molecule has 1 fully saturated rings. The van der Waals surface area contributed by atoms with Gasteiger partial charge in [0.1, 0.15) is 5.69 Å². The highest BCUT2D eigenvalue weighted by molar-refractivity contribution is 9.10. The minimum atomic E-state index is -0.341. The standard InChI is InChI=1S/C11H13BrN2O3/c12-9-2-3-10(11(8-9)14(15)16)13-4-1-6-17-7-5-13/h2-3,8H,1,4-7H2. The molecule has 5 nitrogen and oxygen atoms in total. The molecule has 2 rings (SSSR count). The number of nitro benzene ring substituents is 1. The Bertz CT molecular complexity index is 417. The molecule has 0 N–H and O–H groups in total. The summed E-state index contributed by atoms with van der Waals surface area (Å²) in [7, 11) is 0. The summed E-state index contributed by atoms with van der Waals surface area (Å²) < 4.78 is 6.07. The van der Waals surface area contributed by atoms with E-state index >= 15 is 0 Å². The van der Waals surface area contributed by atoms with Gasteiger partial charge in [0, 0.05) is 30.2 Å². The Morgan fingerprint density at radius 1 is 1.35 bits per heavy atom. The topological polar surface area (TPSA) is 55.6 Å².